The quantitative estimate of drug-likeness (QED) is 0.763. The third-order valence-corrected chi connectivity index (χ3v) is 3.33. The Balaban J connectivity index is 1.87. The summed E-state index contributed by atoms with van der Waals surface area (Å²) >= 11 is 0. The van der Waals surface area contributed by atoms with Crippen molar-refractivity contribution in [3.8, 4) is 0 Å². The number of piperazine rings is 1. The molecule has 3 aliphatic heterocycles. The lowest BCUT2D eigenvalue weighted by Crippen LogP contribution is -2.70. The number of fused-ring (bicyclic) bond motifs is 2. The predicted molar refractivity (Wildman–Crippen MR) is 65.9 cm³/mol. The smallest absolute Gasteiger partial charge is 0.410 e. The van der Waals surface area contributed by atoms with Crippen LogP contribution in [0.4, 0.5) is 4.79 Å². The maximum atomic E-state index is 11.9. The van der Waals surface area contributed by atoms with Gasteiger partial charge in [-0.15, -0.1) is 0 Å². The minimum Gasteiger partial charge on any atom is -0.444 e. The van der Waals surface area contributed by atoms with Gasteiger partial charge in [-0.1, -0.05) is 0 Å². The molecule has 0 aliphatic carbocycles. The standard InChI is InChI=1S/C12H21N3O3/c1-12(2,3)18-11(17)14-5-8-4-9(6-14)15(8)7-10(13)16/h8-9H,4-7H2,1-3H3,(H2,13,16). The first-order valence-corrected chi connectivity index (χ1v) is 6.28. The van der Waals surface area contributed by atoms with Crippen LogP contribution in [0.25, 0.3) is 0 Å². The monoisotopic (exact) mass is 255 g/mol. The molecule has 2 bridgehead atoms. The zero-order chi connectivity index (χ0) is 13.5. The van der Waals surface area contributed by atoms with E-state index in [0.717, 1.165) is 6.42 Å². The van der Waals surface area contributed by atoms with E-state index in [1.807, 2.05) is 20.8 Å². The van der Waals surface area contributed by atoms with Gasteiger partial charge in [0.25, 0.3) is 0 Å². The number of primary amides is 1. The molecule has 3 rings (SSSR count). The van der Waals surface area contributed by atoms with E-state index in [0.29, 0.717) is 13.1 Å². The molecule has 0 aromatic carbocycles. The average Bonchev–Trinajstić information content (AvgIpc) is 2.23. The highest BCUT2D eigenvalue weighted by Crippen LogP contribution is 2.32. The minimum absolute atomic E-state index is 0.253. The van der Waals surface area contributed by atoms with Crippen LogP contribution >= 0.6 is 0 Å². The summed E-state index contributed by atoms with van der Waals surface area (Å²) in [6.45, 7) is 7.10. The summed E-state index contributed by atoms with van der Waals surface area (Å²) in [5.74, 6) is -0.310. The van der Waals surface area contributed by atoms with Gasteiger partial charge in [-0.05, 0) is 27.2 Å². The molecule has 0 radical (unpaired) electrons. The second kappa shape index (κ2) is 4.42. The van der Waals surface area contributed by atoms with Gasteiger partial charge in [0.15, 0.2) is 0 Å². The van der Waals surface area contributed by atoms with Gasteiger partial charge in [0.05, 0.1) is 6.54 Å². The van der Waals surface area contributed by atoms with E-state index >= 15 is 0 Å². The van der Waals surface area contributed by atoms with Crippen molar-refractivity contribution in [2.75, 3.05) is 19.6 Å². The highest BCUT2D eigenvalue weighted by atomic mass is 16.6. The van der Waals surface area contributed by atoms with Crippen molar-refractivity contribution in [2.24, 2.45) is 5.73 Å². The molecule has 3 heterocycles. The Morgan fingerprint density at radius 3 is 2.28 bits per heavy atom. The fourth-order valence-corrected chi connectivity index (χ4v) is 2.60. The SMILES string of the molecule is CC(C)(C)OC(=O)N1CC2CC(C1)N2CC(N)=O. The molecule has 3 saturated heterocycles. The summed E-state index contributed by atoms with van der Waals surface area (Å²) in [6.07, 6.45) is 0.767. The number of piperidine rings is 1. The van der Waals surface area contributed by atoms with Crippen molar-refractivity contribution in [2.45, 2.75) is 44.9 Å². The maximum absolute atomic E-state index is 11.9. The lowest BCUT2D eigenvalue weighted by atomic mass is 9.87. The first-order valence-electron chi connectivity index (χ1n) is 6.28. The summed E-state index contributed by atoms with van der Waals surface area (Å²) in [7, 11) is 0. The van der Waals surface area contributed by atoms with Crippen LogP contribution in [0.3, 0.4) is 0 Å². The van der Waals surface area contributed by atoms with E-state index < -0.39 is 5.60 Å². The van der Waals surface area contributed by atoms with Crippen LogP contribution in [0.2, 0.25) is 0 Å². The van der Waals surface area contributed by atoms with Crippen LogP contribution in [0.15, 0.2) is 0 Å². The Hall–Kier alpha value is -1.30. The van der Waals surface area contributed by atoms with Crippen LogP contribution < -0.4 is 5.73 Å². The Bertz CT molecular complexity index is 352. The molecule has 3 fully saturated rings. The van der Waals surface area contributed by atoms with Crippen molar-refractivity contribution in [1.29, 1.82) is 0 Å². The summed E-state index contributed by atoms with van der Waals surface area (Å²) in [5.41, 5.74) is 4.73. The maximum Gasteiger partial charge on any atom is 0.410 e. The number of hydrogen-bond donors (Lipinski definition) is 1. The van der Waals surface area contributed by atoms with Crippen molar-refractivity contribution < 1.29 is 14.3 Å². The van der Waals surface area contributed by atoms with Crippen LogP contribution in [0.5, 0.6) is 0 Å². The zero-order valence-electron chi connectivity index (χ0n) is 11.2. The van der Waals surface area contributed by atoms with Crippen LogP contribution in [-0.4, -0.2) is 59.1 Å². The molecular formula is C12H21N3O3. The largest absolute Gasteiger partial charge is 0.444 e. The average molecular weight is 255 g/mol. The second-order valence-electron chi connectivity index (χ2n) is 6.07. The van der Waals surface area contributed by atoms with Crippen LogP contribution in [0.1, 0.15) is 27.2 Å². The van der Waals surface area contributed by atoms with Gasteiger partial charge in [0, 0.05) is 25.2 Å². The molecule has 0 saturated carbocycles. The van der Waals surface area contributed by atoms with E-state index in [1.54, 1.807) is 4.90 Å². The minimum atomic E-state index is -0.467. The Morgan fingerprint density at radius 2 is 1.83 bits per heavy atom. The number of rotatable bonds is 2. The number of nitrogens with two attached hydrogens (primary N) is 1. The van der Waals surface area contributed by atoms with Gasteiger partial charge in [0.2, 0.25) is 5.91 Å². The molecule has 6 heteroatoms. The molecule has 3 aliphatic rings. The van der Waals surface area contributed by atoms with Crippen molar-refractivity contribution >= 4 is 12.0 Å². The van der Waals surface area contributed by atoms with E-state index in [1.165, 1.54) is 0 Å². The third kappa shape index (κ3) is 2.75. The predicted octanol–water partition coefficient (Wildman–Crippen LogP) is 0.165. The van der Waals surface area contributed by atoms with Gasteiger partial charge in [-0.2, -0.15) is 0 Å². The van der Waals surface area contributed by atoms with Gasteiger partial charge in [-0.25, -0.2) is 4.79 Å². The summed E-state index contributed by atoms with van der Waals surface area (Å²) < 4.78 is 5.34. The number of nitrogens with zero attached hydrogens (tertiary/aromatic N) is 2. The molecule has 0 aromatic heterocycles. The van der Waals surface area contributed by atoms with Gasteiger partial charge < -0.3 is 15.4 Å². The number of ether oxygens (including phenoxy) is 1. The molecule has 0 spiro atoms. The Labute approximate surface area is 107 Å². The molecule has 2 atom stereocenters. The molecule has 2 N–H and O–H groups in total. The van der Waals surface area contributed by atoms with E-state index in [-0.39, 0.29) is 30.6 Å². The molecule has 6 nitrogen and oxygen atoms in total. The molecular weight excluding hydrogens is 234 g/mol. The summed E-state index contributed by atoms with van der Waals surface area (Å²) in [5, 5.41) is 0. The normalized spacial score (nSPS) is 27.6. The number of carbonyl (C=O) groups is 2. The second-order valence-corrected chi connectivity index (χ2v) is 6.07. The molecule has 0 aromatic rings. The van der Waals surface area contributed by atoms with Crippen molar-refractivity contribution in [1.82, 2.24) is 9.80 Å². The van der Waals surface area contributed by atoms with Crippen LogP contribution in [0, 0.1) is 0 Å². The highest BCUT2D eigenvalue weighted by Gasteiger charge is 2.46. The van der Waals surface area contributed by atoms with Gasteiger partial charge in [-0.3, -0.25) is 9.69 Å². The first kappa shape index (κ1) is 13.1. The van der Waals surface area contributed by atoms with Crippen molar-refractivity contribution in [3.05, 3.63) is 0 Å². The number of hydrogen-bond acceptors (Lipinski definition) is 4. The number of carbonyl (C=O) groups excluding carboxylic acids is 2. The lowest BCUT2D eigenvalue weighted by Gasteiger charge is -2.55. The Kier molecular flexibility index (Phi) is 3.23. The fourth-order valence-electron chi connectivity index (χ4n) is 2.60. The molecule has 2 amide bonds. The molecule has 2 unspecified atom stereocenters. The Morgan fingerprint density at radius 1 is 1.28 bits per heavy atom. The van der Waals surface area contributed by atoms with Crippen LogP contribution in [-0.2, 0) is 9.53 Å². The zero-order valence-corrected chi connectivity index (χ0v) is 11.2. The van der Waals surface area contributed by atoms with E-state index in [4.69, 9.17) is 10.5 Å². The van der Waals surface area contributed by atoms with Gasteiger partial charge in [0.1, 0.15) is 5.60 Å². The van der Waals surface area contributed by atoms with Gasteiger partial charge >= 0.3 is 6.09 Å². The third-order valence-electron chi connectivity index (χ3n) is 3.33. The molecule has 102 valence electrons. The summed E-state index contributed by atoms with van der Waals surface area (Å²) in [6, 6.07) is 0.507. The fraction of sp³-hybridized carbons (Fsp3) is 0.833. The van der Waals surface area contributed by atoms with E-state index in [2.05, 4.69) is 4.90 Å². The number of amides is 2. The highest BCUT2D eigenvalue weighted by molar-refractivity contribution is 5.76. The topological polar surface area (TPSA) is 75.9 Å². The summed E-state index contributed by atoms with van der Waals surface area (Å²) in [4.78, 5) is 26.6. The molecule has 18 heavy (non-hydrogen) atoms. The van der Waals surface area contributed by atoms with E-state index in [9.17, 15) is 9.59 Å². The lowest BCUT2D eigenvalue weighted by molar-refractivity contribution is -0.127. The first-order chi connectivity index (χ1) is 8.26. The van der Waals surface area contributed by atoms with Crippen molar-refractivity contribution in [3.63, 3.8) is 0 Å².